The van der Waals surface area contributed by atoms with Gasteiger partial charge in [-0.25, -0.2) is 0 Å². The molecule has 1 unspecified atom stereocenters. The van der Waals surface area contributed by atoms with Gasteiger partial charge in [0.25, 0.3) is 0 Å². The topological polar surface area (TPSA) is 26.0 Å². The van der Waals surface area contributed by atoms with Gasteiger partial charge in [-0.1, -0.05) is 31.0 Å². The summed E-state index contributed by atoms with van der Waals surface area (Å²) >= 11 is 4.40. The van der Waals surface area contributed by atoms with Crippen molar-refractivity contribution in [2.24, 2.45) is 11.7 Å². The molecule has 0 bridgehead atoms. The number of nitrogens with two attached hydrogens (primary N) is 1. The van der Waals surface area contributed by atoms with Gasteiger partial charge in [-0.3, -0.25) is 0 Å². The van der Waals surface area contributed by atoms with Gasteiger partial charge in [-0.05, 0) is 24.0 Å². The zero-order valence-electron chi connectivity index (χ0n) is 7.61. The Bertz CT molecular complexity index is 294. The van der Waals surface area contributed by atoms with Gasteiger partial charge in [0.15, 0.2) is 0 Å². The summed E-state index contributed by atoms with van der Waals surface area (Å²) in [4.78, 5) is 1.02. The van der Waals surface area contributed by atoms with Crippen LogP contribution in [-0.2, 0) is 0 Å². The van der Waals surface area contributed by atoms with E-state index in [0.717, 1.165) is 17.2 Å². The fourth-order valence-electron chi connectivity index (χ4n) is 1.64. The zero-order chi connectivity index (χ0) is 9.26. The van der Waals surface area contributed by atoms with Crippen LogP contribution in [0.4, 0.5) is 0 Å². The summed E-state index contributed by atoms with van der Waals surface area (Å²) in [7, 11) is 0. The second-order valence-electron chi connectivity index (χ2n) is 3.84. The largest absolute Gasteiger partial charge is 0.324 e. The number of rotatable bonds is 3. The Balaban J connectivity index is 2.09. The minimum Gasteiger partial charge on any atom is -0.324 e. The van der Waals surface area contributed by atoms with E-state index in [1.165, 1.54) is 18.4 Å². The van der Waals surface area contributed by atoms with Crippen LogP contribution < -0.4 is 5.73 Å². The first-order chi connectivity index (χ1) is 6.27. The van der Waals surface area contributed by atoms with Gasteiger partial charge < -0.3 is 5.73 Å². The van der Waals surface area contributed by atoms with E-state index >= 15 is 0 Å². The third-order valence-electron chi connectivity index (χ3n) is 2.62. The summed E-state index contributed by atoms with van der Waals surface area (Å²) in [6, 6.07) is 8.29. The van der Waals surface area contributed by atoms with Crippen LogP contribution in [-0.4, -0.2) is 0 Å². The molecule has 2 heteroatoms. The molecule has 1 nitrogen and oxygen atoms in total. The average Bonchev–Trinajstić information content (AvgIpc) is 2.89. The predicted octanol–water partition coefficient (Wildman–Crippen LogP) is 2.78. The molecule has 13 heavy (non-hydrogen) atoms. The number of hydrogen-bond acceptors (Lipinski definition) is 2. The van der Waals surface area contributed by atoms with Crippen molar-refractivity contribution in [3.05, 3.63) is 29.8 Å². The number of hydrogen-bond donors (Lipinski definition) is 2. The Hall–Kier alpha value is -0.470. The fourth-order valence-corrected chi connectivity index (χ4v) is 1.97. The summed E-state index contributed by atoms with van der Waals surface area (Å²) < 4.78 is 0. The maximum absolute atomic E-state index is 6.09. The highest BCUT2D eigenvalue weighted by Crippen LogP contribution is 2.37. The molecule has 1 aliphatic rings. The average molecular weight is 193 g/mol. The van der Waals surface area contributed by atoms with E-state index in [-0.39, 0.29) is 6.04 Å². The summed E-state index contributed by atoms with van der Waals surface area (Å²) in [6.45, 7) is 0. The SMILES string of the molecule is NC(CC1CC1)c1ccccc1S. The van der Waals surface area contributed by atoms with Gasteiger partial charge in [-0.2, -0.15) is 0 Å². The summed E-state index contributed by atoms with van der Waals surface area (Å²) in [5, 5.41) is 0. The Morgan fingerprint density at radius 2 is 2.08 bits per heavy atom. The predicted molar refractivity (Wildman–Crippen MR) is 58.0 cm³/mol. The van der Waals surface area contributed by atoms with Crippen LogP contribution in [0, 0.1) is 5.92 Å². The molecule has 0 aromatic heterocycles. The van der Waals surface area contributed by atoms with Crippen molar-refractivity contribution in [1.29, 1.82) is 0 Å². The Labute approximate surface area is 84.7 Å². The first-order valence-electron chi connectivity index (χ1n) is 4.81. The highest BCUT2D eigenvalue weighted by atomic mass is 32.1. The van der Waals surface area contributed by atoms with Crippen LogP contribution in [0.1, 0.15) is 30.9 Å². The molecule has 0 saturated heterocycles. The Kier molecular flexibility index (Phi) is 2.61. The number of thiol groups is 1. The second-order valence-corrected chi connectivity index (χ2v) is 4.33. The molecule has 70 valence electrons. The monoisotopic (exact) mass is 193 g/mol. The van der Waals surface area contributed by atoms with Gasteiger partial charge in [-0.15, -0.1) is 12.6 Å². The molecule has 0 radical (unpaired) electrons. The Morgan fingerprint density at radius 3 is 2.69 bits per heavy atom. The minimum absolute atomic E-state index is 0.182. The lowest BCUT2D eigenvalue weighted by molar-refractivity contribution is 0.589. The quantitative estimate of drug-likeness (QED) is 0.709. The zero-order valence-corrected chi connectivity index (χ0v) is 8.50. The molecule has 2 N–H and O–H groups in total. The van der Waals surface area contributed by atoms with Crippen molar-refractivity contribution in [1.82, 2.24) is 0 Å². The van der Waals surface area contributed by atoms with Crippen molar-refractivity contribution in [2.75, 3.05) is 0 Å². The first-order valence-corrected chi connectivity index (χ1v) is 5.25. The maximum Gasteiger partial charge on any atom is 0.0308 e. The molecule has 0 amide bonds. The molecule has 1 aromatic rings. The van der Waals surface area contributed by atoms with Crippen LogP contribution in [0.3, 0.4) is 0 Å². The molecule has 1 atom stereocenters. The third-order valence-corrected chi connectivity index (χ3v) is 3.03. The van der Waals surface area contributed by atoms with Crippen molar-refractivity contribution >= 4 is 12.6 Å². The smallest absolute Gasteiger partial charge is 0.0308 e. The van der Waals surface area contributed by atoms with E-state index in [1.54, 1.807) is 0 Å². The van der Waals surface area contributed by atoms with Gasteiger partial charge in [0.1, 0.15) is 0 Å². The molecule has 0 aliphatic heterocycles. The molecular weight excluding hydrogens is 178 g/mol. The normalized spacial score (nSPS) is 18.6. The van der Waals surface area contributed by atoms with Crippen LogP contribution in [0.25, 0.3) is 0 Å². The molecule has 1 saturated carbocycles. The highest BCUT2D eigenvalue weighted by Gasteiger charge is 2.24. The van der Waals surface area contributed by atoms with E-state index < -0.39 is 0 Å². The van der Waals surface area contributed by atoms with Crippen molar-refractivity contribution in [2.45, 2.75) is 30.2 Å². The van der Waals surface area contributed by atoms with Gasteiger partial charge in [0, 0.05) is 10.9 Å². The molecule has 0 spiro atoms. The van der Waals surface area contributed by atoms with E-state index in [9.17, 15) is 0 Å². The van der Waals surface area contributed by atoms with Crippen LogP contribution in [0.15, 0.2) is 29.2 Å². The highest BCUT2D eigenvalue weighted by molar-refractivity contribution is 7.80. The minimum atomic E-state index is 0.182. The lowest BCUT2D eigenvalue weighted by Gasteiger charge is -2.13. The van der Waals surface area contributed by atoms with E-state index in [1.807, 2.05) is 18.2 Å². The van der Waals surface area contributed by atoms with Crippen molar-refractivity contribution in [3.63, 3.8) is 0 Å². The second kappa shape index (κ2) is 3.72. The lowest BCUT2D eigenvalue weighted by atomic mass is 10.0. The van der Waals surface area contributed by atoms with Gasteiger partial charge >= 0.3 is 0 Å². The summed E-state index contributed by atoms with van der Waals surface area (Å²) in [5.74, 6) is 0.878. The first kappa shape index (κ1) is 9.10. The van der Waals surface area contributed by atoms with Gasteiger partial charge in [0.2, 0.25) is 0 Å². The fraction of sp³-hybridized carbons (Fsp3) is 0.455. The molecule has 0 heterocycles. The molecule has 2 rings (SSSR count). The maximum atomic E-state index is 6.09. The van der Waals surface area contributed by atoms with E-state index in [4.69, 9.17) is 5.73 Å². The lowest BCUT2D eigenvalue weighted by Crippen LogP contribution is -2.11. The molecule has 1 aliphatic carbocycles. The summed E-state index contributed by atoms with van der Waals surface area (Å²) in [6.07, 6.45) is 3.85. The molecule has 1 fully saturated rings. The van der Waals surface area contributed by atoms with Crippen molar-refractivity contribution in [3.8, 4) is 0 Å². The third kappa shape index (κ3) is 2.26. The van der Waals surface area contributed by atoms with Crippen LogP contribution in [0.5, 0.6) is 0 Å². The molecule has 1 aromatic carbocycles. The molecular formula is C11H15NS. The summed E-state index contributed by atoms with van der Waals surface area (Å²) in [5.41, 5.74) is 7.28. The van der Waals surface area contributed by atoms with Crippen LogP contribution in [0.2, 0.25) is 0 Å². The van der Waals surface area contributed by atoms with E-state index in [0.29, 0.717) is 0 Å². The van der Waals surface area contributed by atoms with Gasteiger partial charge in [0.05, 0.1) is 0 Å². The van der Waals surface area contributed by atoms with E-state index in [2.05, 4.69) is 18.7 Å². The standard InChI is InChI=1S/C11H15NS/c12-10(7-8-5-6-8)9-3-1-2-4-11(9)13/h1-4,8,10,13H,5-7,12H2. The van der Waals surface area contributed by atoms with Crippen molar-refractivity contribution < 1.29 is 0 Å². The van der Waals surface area contributed by atoms with Crippen LogP contribution >= 0.6 is 12.6 Å². The number of benzene rings is 1. The Morgan fingerprint density at radius 1 is 1.38 bits per heavy atom.